The summed E-state index contributed by atoms with van der Waals surface area (Å²) in [5.41, 5.74) is 1.82. The summed E-state index contributed by atoms with van der Waals surface area (Å²) in [7, 11) is 0. The first kappa shape index (κ1) is 10.8. The number of carbonyl (C=O) groups excluding carboxylic acids is 1. The molecule has 0 heterocycles. The van der Waals surface area contributed by atoms with E-state index in [1.807, 2.05) is 25.1 Å². The minimum atomic E-state index is -0.293. The Morgan fingerprint density at radius 1 is 1.50 bits per heavy atom. The molecule has 72 valence electrons. The summed E-state index contributed by atoms with van der Waals surface area (Å²) in [6.07, 6.45) is 0. The fourth-order valence-electron chi connectivity index (χ4n) is 1.01. The highest BCUT2D eigenvalue weighted by molar-refractivity contribution is 9.10. The average Bonchev–Trinajstić information content (AvgIpc) is 2.13. The molecule has 3 heteroatoms. The number of rotatable bonds is 1. The van der Waals surface area contributed by atoms with Crippen LogP contribution in [0.25, 0.3) is 0 Å². The lowest BCUT2D eigenvalue weighted by molar-refractivity contribution is -0.111. The van der Waals surface area contributed by atoms with Crippen molar-refractivity contribution < 1.29 is 4.79 Å². The van der Waals surface area contributed by atoms with Crippen molar-refractivity contribution in [1.82, 2.24) is 0 Å². The molecule has 0 aliphatic heterocycles. The largest absolute Gasteiger partial charge is 0.314 e. The average molecular weight is 252 g/mol. The van der Waals surface area contributed by atoms with E-state index in [9.17, 15) is 4.79 Å². The van der Waals surface area contributed by atoms with Crippen molar-refractivity contribution in [2.75, 3.05) is 5.32 Å². The molecule has 1 aromatic rings. The SMILES string of the molecule is CC#CC(=O)Nc1cccc(C)c1Br. The molecule has 0 aromatic heterocycles. The maximum Gasteiger partial charge on any atom is 0.300 e. The maximum atomic E-state index is 11.2. The number of carbonyl (C=O) groups is 1. The van der Waals surface area contributed by atoms with Crippen molar-refractivity contribution in [2.45, 2.75) is 13.8 Å². The predicted octanol–water partition coefficient (Wildman–Crippen LogP) is 2.72. The van der Waals surface area contributed by atoms with E-state index in [2.05, 4.69) is 33.1 Å². The first-order valence-corrected chi connectivity index (χ1v) is 4.93. The number of anilines is 1. The normalized spacial score (nSPS) is 8.79. The number of hydrogen-bond acceptors (Lipinski definition) is 1. The Kier molecular flexibility index (Phi) is 3.73. The van der Waals surface area contributed by atoms with Gasteiger partial charge in [0.05, 0.1) is 5.69 Å². The smallest absolute Gasteiger partial charge is 0.300 e. The van der Waals surface area contributed by atoms with E-state index in [4.69, 9.17) is 0 Å². The van der Waals surface area contributed by atoms with E-state index in [0.717, 1.165) is 15.7 Å². The van der Waals surface area contributed by atoms with Gasteiger partial charge in [-0.3, -0.25) is 4.79 Å². The van der Waals surface area contributed by atoms with Crippen molar-refractivity contribution >= 4 is 27.5 Å². The molecule has 0 aliphatic carbocycles. The number of amides is 1. The van der Waals surface area contributed by atoms with Gasteiger partial charge in [-0.25, -0.2) is 0 Å². The summed E-state index contributed by atoms with van der Waals surface area (Å²) in [6.45, 7) is 3.59. The Morgan fingerprint density at radius 3 is 2.86 bits per heavy atom. The summed E-state index contributed by atoms with van der Waals surface area (Å²) in [6, 6.07) is 5.67. The summed E-state index contributed by atoms with van der Waals surface area (Å²) < 4.78 is 0.895. The van der Waals surface area contributed by atoms with Gasteiger partial charge in [-0.1, -0.05) is 18.1 Å². The van der Waals surface area contributed by atoms with Gasteiger partial charge in [0.15, 0.2) is 0 Å². The van der Waals surface area contributed by atoms with E-state index in [0.29, 0.717) is 0 Å². The maximum absolute atomic E-state index is 11.2. The molecule has 0 fully saturated rings. The molecule has 0 saturated heterocycles. The highest BCUT2D eigenvalue weighted by Gasteiger charge is 2.03. The zero-order chi connectivity index (χ0) is 10.6. The second-order valence-electron chi connectivity index (χ2n) is 2.77. The van der Waals surface area contributed by atoms with Gasteiger partial charge in [0.1, 0.15) is 0 Å². The molecule has 1 aromatic carbocycles. The van der Waals surface area contributed by atoms with Crippen LogP contribution < -0.4 is 5.32 Å². The molecule has 0 unspecified atom stereocenters. The highest BCUT2D eigenvalue weighted by Crippen LogP contribution is 2.25. The Labute approximate surface area is 91.8 Å². The van der Waals surface area contributed by atoms with E-state index < -0.39 is 0 Å². The molecule has 0 bridgehead atoms. The monoisotopic (exact) mass is 251 g/mol. The Hall–Kier alpha value is -1.27. The first-order chi connectivity index (χ1) is 6.65. The minimum Gasteiger partial charge on any atom is -0.314 e. The number of hydrogen-bond donors (Lipinski definition) is 1. The van der Waals surface area contributed by atoms with Crippen LogP contribution in [0, 0.1) is 18.8 Å². The topological polar surface area (TPSA) is 29.1 Å². The highest BCUT2D eigenvalue weighted by atomic mass is 79.9. The van der Waals surface area contributed by atoms with Gasteiger partial charge in [0, 0.05) is 4.47 Å². The lowest BCUT2D eigenvalue weighted by Gasteiger charge is -2.05. The van der Waals surface area contributed by atoms with Gasteiger partial charge < -0.3 is 5.32 Å². The van der Waals surface area contributed by atoms with E-state index in [1.165, 1.54) is 0 Å². The fourth-order valence-corrected chi connectivity index (χ4v) is 1.37. The van der Waals surface area contributed by atoms with Crippen LogP contribution in [0.2, 0.25) is 0 Å². The van der Waals surface area contributed by atoms with E-state index in [-0.39, 0.29) is 5.91 Å². The van der Waals surface area contributed by atoms with Gasteiger partial charge in [0.2, 0.25) is 0 Å². The van der Waals surface area contributed by atoms with Crippen molar-refractivity contribution in [3.8, 4) is 11.8 Å². The fraction of sp³-hybridized carbons (Fsp3) is 0.182. The number of aryl methyl sites for hydroxylation is 1. The van der Waals surface area contributed by atoms with E-state index in [1.54, 1.807) is 6.92 Å². The molecule has 1 rings (SSSR count). The molecule has 0 radical (unpaired) electrons. The molecule has 0 saturated carbocycles. The Balaban J connectivity index is 2.90. The molecule has 0 aliphatic rings. The molecule has 0 spiro atoms. The molecule has 0 atom stereocenters. The van der Waals surface area contributed by atoms with Crippen LogP contribution in [0.5, 0.6) is 0 Å². The molecular weight excluding hydrogens is 242 g/mol. The Bertz CT molecular complexity index is 415. The van der Waals surface area contributed by atoms with Crippen LogP contribution in [0.1, 0.15) is 12.5 Å². The van der Waals surface area contributed by atoms with Gasteiger partial charge in [-0.05, 0) is 47.3 Å². The summed E-state index contributed by atoms with van der Waals surface area (Å²) in [5, 5.41) is 2.69. The zero-order valence-electron chi connectivity index (χ0n) is 8.02. The first-order valence-electron chi connectivity index (χ1n) is 4.14. The zero-order valence-corrected chi connectivity index (χ0v) is 9.60. The van der Waals surface area contributed by atoms with Gasteiger partial charge in [-0.15, -0.1) is 0 Å². The van der Waals surface area contributed by atoms with Crippen molar-refractivity contribution in [1.29, 1.82) is 0 Å². The van der Waals surface area contributed by atoms with Crippen molar-refractivity contribution in [2.24, 2.45) is 0 Å². The minimum absolute atomic E-state index is 0.293. The van der Waals surface area contributed by atoms with Crippen LogP contribution in [0.15, 0.2) is 22.7 Å². The van der Waals surface area contributed by atoms with Crippen LogP contribution >= 0.6 is 15.9 Å². The quantitative estimate of drug-likeness (QED) is 0.765. The standard InChI is InChI=1S/C11H10BrNO/c1-3-5-10(14)13-9-7-4-6-8(2)11(9)12/h4,6-7H,1-2H3,(H,13,14). The summed E-state index contributed by atoms with van der Waals surface area (Å²) in [5.74, 6) is 4.67. The summed E-state index contributed by atoms with van der Waals surface area (Å²) in [4.78, 5) is 11.2. The Morgan fingerprint density at radius 2 is 2.21 bits per heavy atom. The second-order valence-corrected chi connectivity index (χ2v) is 3.56. The molecular formula is C11H10BrNO. The molecule has 1 N–H and O–H groups in total. The summed E-state index contributed by atoms with van der Waals surface area (Å²) >= 11 is 3.40. The van der Waals surface area contributed by atoms with Gasteiger partial charge in [0.25, 0.3) is 5.91 Å². The lowest BCUT2D eigenvalue weighted by atomic mass is 10.2. The number of benzene rings is 1. The molecule has 2 nitrogen and oxygen atoms in total. The number of halogens is 1. The van der Waals surface area contributed by atoms with Crippen LogP contribution in [-0.2, 0) is 4.79 Å². The van der Waals surface area contributed by atoms with E-state index >= 15 is 0 Å². The number of nitrogens with one attached hydrogen (secondary N) is 1. The molecule has 14 heavy (non-hydrogen) atoms. The second kappa shape index (κ2) is 4.83. The van der Waals surface area contributed by atoms with Gasteiger partial charge in [-0.2, -0.15) is 0 Å². The van der Waals surface area contributed by atoms with Crippen molar-refractivity contribution in [3.05, 3.63) is 28.2 Å². The molecule has 1 amide bonds. The van der Waals surface area contributed by atoms with Crippen LogP contribution in [0.3, 0.4) is 0 Å². The van der Waals surface area contributed by atoms with Crippen LogP contribution in [-0.4, -0.2) is 5.91 Å². The lowest BCUT2D eigenvalue weighted by Crippen LogP contribution is -2.09. The third-order valence-corrected chi connectivity index (χ3v) is 2.73. The third-order valence-electron chi connectivity index (χ3n) is 1.68. The van der Waals surface area contributed by atoms with Gasteiger partial charge >= 0.3 is 0 Å². The van der Waals surface area contributed by atoms with Crippen molar-refractivity contribution in [3.63, 3.8) is 0 Å². The predicted molar refractivity (Wildman–Crippen MR) is 61.0 cm³/mol. The van der Waals surface area contributed by atoms with Crippen LogP contribution in [0.4, 0.5) is 5.69 Å². The third kappa shape index (κ3) is 2.61.